The van der Waals surface area contributed by atoms with Crippen LogP contribution in [-0.2, 0) is 0 Å². The minimum atomic E-state index is -0.0398. The molecule has 2 rings (SSSR count). The maximum atomic E-state index is 12.1. The van der Waals surface area contributed by atoms with Crippen LogP contribution >= 0.6 is 11.6 Å². The number of nitrogens with one attached hydrogen (secondary N) is 1. The SMILES string of the molecule is CC(=CC(=O)c1ccc(Cl)cc1)Nc1cccc(C)c1C. The Morgan fingerprint density at radius 1 is 1.10 bits per heavy atom. The van der Waals surface area contributed by atoms with Crippen LogP contribution in [0.5, 0.6) is 0 Å². The summed E-state index contributed by atoms with van der Waals surface area (Å²) in [5.74, 6) is -0.0398. The molecule has 0 bridgehead atoms. The maximum absolute atomic E-state index is 12.1. The summed E-state index contributed by atoms with van der Waals surface area (Å²) < 4.78 is 0. The molecule has 2 aromatic rings. The fraction of sp³-hybridized carbons (Fsp3) is 0.167. The lowest BCUT2D eigenvalue weighted by Gasteiger charge is -2.11. The highest BCUT2D eigenvalue weighted by atomic mass is 35.5. The third-order valence-corrected chi connectivity index (χ3v) is 3.66. The lowest BCUT2D eigenvalue weighted by atomic mass is 10.1. The van der Waals surface area contributed by atoms with Crippen molar-refractivity contribution in [3.05, 3.63) is 76.0 Å². The lowest BCUT2D eigenvalue weighted by molar-refractivity contribution is 0.104. The Kier molecular flexibility index (Phi) is 4.81. The third-order valence-electron chi connectivity index (χ3n) is 3.41. The average Bonchev–Trinajstić information content (AvgIpc) is 2.44. The zero-order valence-corrected chi connectivity index (χ0v) is 13.2. The van der Waals surface area contributed by atoms with Gasteiger partial charge < -0.3 is 5.32 Å². The molecule has 0 aliphatic rings. The van der Waals surface area contributed by atoms with E-state index in [1.807, 2.05) is 19.1 Å². The van der Waals surface area contributed by atoms with Crippen molar-refractivity contribution in [2.75, 3.05) is 5.32 Å². The van der Waals surface area contributed by atoms with Crippen LogP contribution in [0.3, 0.4) is 0 Å². The standard InChI is InChI=1S/C18H18ClNO/c1-12-5-4-6-17(14(12)3)20-13(2)11-18(21)15-7-9-16(19)10-8-15/h4-11,20H,1-3H3. The van der Waals surface area contributed by atoms with Crippen molar-refractivity contribution >= 4 is 23.1 Å². The minimum Gasteiger partial charge on any atom is -0.359 e. The molecule has 2 aromatic carbocycles. The number of anilines is 1. The molecule has 1 N–H and O–H groups in total. The Morgan fingerprint density at radius 3 is 2.43 bits per heavy atom. The number of allylic oxidation sites excluding steroid dienone is 2. The van der Waals surface area contributed by atoms with Crippen molar-refractivity contribution in [3.8, 4) is 0 Å². The highest BCUT2D eigenvalue weighted by Gasteiger charge is 2.05. The lowest BCUT2D eigenvalue weighted by Crippen LogP contribution is -2.03. The molecule has 21 heavy (non-hydrogen) atoms. The van der Waals surface area contributed by atoms with E-state index in [2.05, 4.69) is 25.2 Å². The van der Waals surface area contributed by atoms with Gasteiger partial charge in [-0.3, -0.25) is 4.79 Å². The molecule has 0 aliphatic carbocycles. The van der Waals surface area contributed by atoms with Crippen molar-refractivity contribution < 1.29 is 4.79 Å². The first-order chi connectivity index (χ1) is 9.97. The zero-order valence-electron chi connectivity index (χ0n) is 12.4. The van der Waals surface area contributed by atoms with Crippen molar-refractivity contribution in [2.45, 2.75) is 20.8 Å². The van der Waals surface area contributed by atoms with E-state index in [1.165, 1.54) is 11.1 Å². The third kappa shape index (κ3) is 3.96. The fourth-order valence-electron chi connectivity index (χ4n) is 2.03. The number of carbonyl (C=O) groups is 1. The van der Waals surface area contributed by atoms with E-state index < -0.39 is 0 Å². The van der Waals surface area contributed by atoms with Crippen LogP contribution in [0.25, 0.3) is 0 Å². The molecule has 0 atom stereocenters. The van der Waals surface area contributed by atoms with E-state index in [-0.39, 0.29) is 5.78 Å². The van der Waals surface area contributed by atoms with Gasteiger partial charge in [-0.2, -0.15) is 0 Å². The van der Waals surface area contributed by atoms with Crippen LogP contribution in [0.4, 0.5) is 5.69 Å². The molecular weight excluding hydrogens is 282 g/mol. The molecule has 0 fully saturated rings. The predicted molar refractivity (Wildman–Crippen MR) is 89.1 cm³/mol. The number of ketones is 1. The molecule has 0 amide bonds. The van der Waals surface area contributed by atoms with Gasteiger partial charge in [0.25, 0.3) is 0 Å². The number of hydrogen-bond acceptors (Lipinski definition) is 2. The Morgan fingerprint density at radius 2 is 1.76 bits per heavy atom. The molecule has 0 aliphatic heterocycles. The number of carbonyl (C=O) groups excluding carboxylic acids is 1. The first-order valence-electron chi connectivity index (χ1n) is 6.79. The van der Waals surface area contributed by atoms with Crippen LogP contribution in [0, 0.1) is 13.8 Å². The molecule has 0 radical (unpaired) electrons. The van der Waals surface area contributed by atoms with Gasteiger partial charge in [-0.25, -0.2) is 0 Å². The van der Waals surface area contributed by atoms with Crippen LogP contribution in [0.1, 0.15) is 28.4 Å². The van der Waals surface area contributed by atoms with Crippen LogP contribution in [0.15, 0.2) is 54.2 Å². The summed E-state index contributed by atoms with van der Waals surface area (Å²) in [7, 11) is 0. The summed E-state index contributed by atoms with van der Waals surface area (Å²) in [5, 5.41) is 3.90. The second-order valence-corrected chi connectivity index (χ2v) is 5.51. The summed E-state index contributed by atoms with van der Waals surface area (Å²) in [4.78, 5) is 12.1. The maximum Gasteiger partial charge on any atom is 0.187 e. The molecule has 0 heterocycles. The van der Waals surface area contributed by atoms with Gasteiger partial charge in [-0.15, -0.1) is 0 Å². The molecule has 2 nitrogen and oxygen atoms in total. The summed E-state index contributed by atoms with van der Waals surface area (Å²) in [6, 6.07) is 13.0. The molecule has 3 heteroatoms. The monoisotopic (exact) mass is 299 g/mol. The van der Waals surface area contributed by atoms with Gasteiger partial charge in [0.05, 0.1) is 0 Å². The molecule has 0 saturated heterocycles. The molecule has 0 saturated carbocycles. The Hall–Kier alpha value is -2.06. The smallest absolute Gasteiger partial charge is 0.187 e. The van der Waals surface area contributed by atoms with E-state index in [1.54, 1.807) is 30.3 Å². The van der Waals surface area contributed by atoms with Gasteiger partial charge >= 0.3 is 0 Å². The first kappa shape index (κ1) is 15.3. The van der Waals surface area contributed by atoms with Gasteiger partial charge in [0, 0.05) is 28.0 Å². The minimum absolute atomic E-state index is 0.0398. The van der Waals surface area contributed by atoms with E-state index in [0.29, 0.717) is 10.6 Å². The van der Waals surface area contributed by atoms with Gasteiger partial charge in [-0.05, 0) is 62.2 Å². The highest BCUT2D eigenvalue weighted by molar-refractivity contribution is 6.30. The number of halogens is 1. The van der Waals surface area contributed by atoms with E-state index in [4.69, 9.17) is 11.6 Å². The van der Waals surface area contributed by atoms with E-state index in [9.17, 15) is 4.79 Å². The normalized spacial score (nSPS) is 11.3. The van der Waals surface area contributed by atoms with Gasteiger partial charge in [0.15, 0.2) is 5.78 Å². The van der Waals surface area contributed by atoms with Crippen LogP contribution in [-0.4, -0.2) is 5.78 Å². The highest BCUT2D eigenvalue weighted by Crippen LogP contribution is 2.20. The van der Waals surface area contributed by atoms with Crippen LogP contribution < -0.4 is 5.32 Å². The molecule has 0 aromatic heterocycles. The quantitative estimate of drug-likeness (QED) is 0.624. The van der Waals surface area contributed by atoms with Gasteiger partial charge in [-0.1, -0.05) is 23.7 Å². The molecule has 0 unspecified atom stereocenters. The second kappa shape index (κ2) is 6.59. The molecular formula is C18H18ClNO. The second-order valence-electron chi connectivity index (χ2n) is 5.07. The van der Waals surface area contributed by atoms with Gasteiger partial charge in [0.1, 0.15) is 0 Å². The van der Waals surface area contributed by atoms with Crippen molar-refractivity contribution in [1.82, 2.24) is 0 Å². The van der Waals surface area contributed by atoms with Crippen molar-refractivity contribution in [3.63, 3.8) is 0 Å². The summed E-state index contributed by atoms with van der Waals surface area (Å²) in [6.07, 6.45) is 1.60. The molecule has 0 spiro atoms. The number of aryl methyl sites for hydroxylation is 1. The zero-order chi connectivity index (χ0) is 15.4. The summed E-state index contributed by atoms with van der Waals surface area (Å²) >= 11 is 5.82. The van der Waals surface area contributed by atoms with Crippen molar-refractivity contribution in [1.29, 1.82) is 0 Å². The average molecular weight is 300 g/mol. The Balaban J connectivity index is 2.15. The first-order valence-corrected chi connectivity index (χ1v) is 7.16. The Labute approximate surface area is 130 Å². The van der Waals surface area contributed by atoms with Crippen molar-refractivity contribution in [2.24, 2.45) is 0 Å². The topological polar surface area (TPSA) is 29.1 Å². The number of hydrogen-bond donors (Lipinski definition) is 1. The summed E-state index contributed by atoms with van der Waals surface area (Å²) in [5.41, 5.74) is 4.86. The predicted octanol–water partition coefficient (Wildman–Crippen LogP) is 5.16. The Bertz CT molecular complexity index is 687. The fourth-order valence-corrected chi connectivity index (χ4v) is 2.16. The number of rotatable bonds is 4. The van der Waals surface area contributed by atoms with E-state index >= 15 is 0 Å². The largest absolute Gasteiger partial charge is 0.359 e. The van der Waals surface area contributed by atoms with Crippen LogP contribution in [0.2, 0.25) is 5.02 Å². The summed E-state index contributed by atoms with van der Waals surface area (Å²) in [6.45, 7) is 6.01. The number of benzene rings is 2. The molecule has 108 valence electrons. The van der Waals surface area contributed by atoms with Gasteiger partial charge in [0.2, 0.25) is 0 Å². The van der Waals surface area contributed by atoms with E-state index in [0.717, 1.165) is 11.4 Å².